The highest BCUT2D eigenvalue weighted by Crippen LogP contribution is 2.45. The predicted molar refractivity (Wildman–Crippen MR) is 80.1 cm³/mol. The molecule has 21 heavy (non-hydrogen) atoms. The van der Waals surface area contributed by atoms with Gasteiger partial charge in [-0.25, -0.2) is 0 Å². The largest absolute Gasteiger partial charge is 0.486 e. The maximum atomic E-state index is 10.8. The van der Waals surface area contributed by atoms with Crippen molar-refractivity contribution in [3.05, 3.63) is 22.7 Å². The van der Waals surface area contributed by atoms with Crippen LogP contribution in [0.2, 0.25) is 5.02 Å². The highest BCUT2D eigenvalue weighted by Gasteiger charge is 2.42. The summed E-state index contributed by atoms with van der Waals surface area (Å²) in [6.07, 6.45) is -0.548. The lowest BCUT2D eigenvalue weighted by atomic mass is 9.82. The number of ether oxygens (including phenoxy) is 3. The van der Waals surface area contributed by atoms with E-state index >= 15 is 0 Å². The molecule has 1 aromatic carbocycles. The number of rotatable bonds is 2. The van der Waals surface area contributed by atoms with Gasteiger partial charge in [0.05, 0.1) is 23.3 Å². The predicted octanol–water partition coefficient (Wildman–Crippen LogP) is 3.20. The van der Waals surface area contributed by atoms with Crippen LogP contribution in [0.15, 0.2) is 12.1 Å². The summed E-state index contributed by atoms with van der Waals surface area (Å²) >= 11 is 6.33. The van der Waals surface area contributed by atoms with E-state index in [0.717, 1.165) is 0 Å². The third-order valence-corrected chi connectivity index (χ3v) is 4.99. The lowest BCUT2D eigenvalue weighted by molar-refractivity contribution is 0.0230. The van der Waals surface area contributed by atoms with Gasteiger partial charge in [-0.05, 0) is 25.8 Å². The van der Waals surface area contributed by atoms with Crippen LogP contribution < -0.4 is 9.47 Å². The molecule has 2 heterocycles. The van der Waals surface area contributed by atoms with Crippen molar-refractivity contribution in [3.8, 4) is 11.5 Å². The summed E-state index contributed by atoms with van der Waals surface area (Å²) in [6.45, 7) is 7.18. The van der Waals surface area contributed by atoms with E-state index < -0.39 is 6.10 Å². The smallest absolute Gasteiger partial charge is 0.162 e. The molecular weight excluding hydrogens is 292 g/mol. The first kappa shape index (κ1) is 14.9. The number of fused-ring (bicyclic) bond motifs is 1. The molecule has 1 aromatic rings. The van der Waals surface area contributed by atoms with Crippen molar-refractivity contribution < 1.29 is 19.3 Å². The van der Waals surface area contributed by atoms with Crippen LogP contribution in [-0.4, -0.2) is 30.5 Å². The molecule has 5 heteroatoms. The molecule has 1 fully saturated rings. The number of aliphatic hydroxyl groups excluding tert-OH is 1. The molecular formula is C16H21ClO4. The molecule has 3 rings (SSSR count). The topological polar surface area (TPSA) is 47.9 Å². The fourth-order valence-electron chi connectivity index (χ4n) is 3.35. The van der Waals surface area contributed by atoms with Gasteiger partial charge in [0, 0.05) is 17.5 Å². The Kier molecular flexibility index (Phi) is 4.04. The maximum absolute atomic E-state index is 10.8. The Balaban J connectivity index is 1.92. The molecule has 0 spiro atoms. The van der Waals surface area contributed by atoms with Crippen molar-refractivity contribution >= 4 is 11.6 Å². The number of hydrogen-bond donors (Lipinski definition) is 1. The summed E-state index contributed by atoms with van der Waals surface area (Å²) in [6, 6.07) is 3.52. The Bertz CT molecular complexity index is 533. The molecule has 2 aliphatic heterocycles. The third kappa shape index (κ3) is 2.60. The van der Waals surface area contributed by atoms with Gasteiger partial charge in [0.1, 0.15) is 13.2 Å². The Morgan fingerprint density at radius 3 is 2.29 bits per heavy atom. The highest BCUT2D eigenvalue weighted by atomic mass is 35.5. The second-order valence-electron chi connectivity index (χ2n) is 5.95. The van der Waals surface area contributed by atoms with Gasteiger partial charge in [0.15, 0.2) is 11.5 Å². The maximum Gasteiger partial charge on any atom is 0.162 e. The standard InChI is InChI=1S/C16H21ClO4/c1-8-9(2)21-10(3)15(8)16(18)11-6-13-14(7-12(11)17)20-5-4-19-13/h6-10,15-16,18H,4-5H2,1-3H3. The van der Waals surface area contributed by atoms with Gasteiger partial charge in [0.2, 0.25) is 0 Å². The summed E-state index contributed by atoms with van der Waals surface area (Å²) in [5.74, 6) is 1.56. The van der Waals surface area contributed by atoms with Crippen molar-refractivity contribution in [2.45, 2.75) is 39.1 Å². The Morgan fingerprint density at radius 1 is 1.10 bits per heavy atom. The van der Waals surface area contributed by atoms with E-state index in [-0.39, 0.29) is 24.0 Å². The van der Waals surface area contributed by atoms with Gasteiger partial charge >= 0.3 is 0 Å². The van der Waals surface area contributed by atoms with E-state index in [0.29, 0.717) is 35.3 Å². The van der Waals surface area contributed by atoms with E-state index in [1.54, 1.807) is 12.1 Å². The second-order valence-corrected chi connectivity index (χ2v) is 6.35. The number of aliphatic hydroxyl groups is 1. The Morgan fingerprint density at radius 2 is 1.71 bits per heavy atom. The fourth-order valence-corrected chi connectivity index (χ4v) is 3.62. The minimum absolute atomic E-state index is 0.00531. The van der Waals surface area contributed by atoms with Crippen molar-refractivity contribution in [1.29, 1.82) is 0 Å². The van der Waals surface area contributed by atoms with Gasteiger partial charge < -0.3 is 19.3 Å². The summed E-state index contributed by atoms with van der Waals surface area (Å²) in [4.78, 5) is 0. The molecule has 4 nitrogen and oxygen atoms in total. The van der Waals surface area contributed by atoms with Crippen LogP contribution in [0, 0.1) is 11.8 Å². The van der Waals surface area contributed by atoms with E-state index in [4.69, 9.17) is 25.8 Å². The summed E-state index contributed by atoms with van der Waals surface area (Å²) in [7, 11) is 0. The van der Waals surface area contributed by atoms with Gasteiger partial charge in [-0.15, -0.1) is 0 Å². The number of halogens is 1. The van der Waals surface area contributed by atoms with E-state index in [9.17, 15) is 5.11 Å². The van der Waals surface area contributed by atoms with Gasteiger partial charge in [-0.1, -0.05) is 18.5 Å². The Labute approximate surface area is 130 Å². The quantitative estimate of drug-likeness (QED) is 0.911. The summed E-state index contributed by atoms with van der Waals surface area (Å²) < 4.78 is 16.9. The average Bonchev–Trinajstić information content (AvgIpc) is 2.70. The fraction of sp³-hybridized carbons (Fsp3) is 0.625. The molecule has 5 atom stereocenters. The zero-order chi connectivity index (χ0) is 15.1. The van der Waals surface area contributed by atoms with Gasteiger partial charge in [-0.2, -0.15) is 0 Å². The highest BCUT2D eigenvalue weighted by molar-refractivity contribution is 6.31. The SMILES string of the molecule is CC1OC(C)C(C(O)c2cc3c(cc2Cl)OCCO3)C1C. The lowest BCUT2D eigenvalue weighted by Crippen LogP contribution is -2.25. The average molecular weight is 313 g/mol. The third-order valence-electron chi connectivity index (χ3n) is 4.66. The number of benzene rings is 1. The van der Waals surface area contributed by atoms with Crippen LogP contribution >= 0.6 is 11.6 Å². The first-order valence-electron chi connectivity index (χ1n) is 7.41. The van der Waals surface area contributed by atoms with Gasteiger partial charge in [0.25, 0.3) is 0 Å². The lowest BCUT2D eigenvalue weighted by Gasteiger charge is -2.27. The molecule has 116 valence electrons. The minimum atomic E-state index is -0.678. The molecule has 2 aliphatic rings. The minimum Gasteiger partial charge on any atom is -0.486 e. The van der Waals surface area contributed by atoms with Crippen LogP contribution in [-0.2, 0) is 4.74 Å². The van der Waals surface area contributed by atoms with E-state index in [1.165, 1.54) is 0 Å². The molecule has 0 amide bonds. The van der Waals surface area contributed by atoms with E-state index in [2.05, 4.69) is 6.92 Å². The van der Waals surface area contributed by atoms with Crippen LogP contribution in [0.3, 0.4) is 0 Å². The zero-order valence-electron chi connectivity index (χ0n) is 12.5. The van der Waals surface area contributed by atoms with E-state index in [1.807, 2.05) is 13.8 Å². The van der Waals surface area contributed by atoms with Crippen molar-refractivity contribution in [2.24, 2.45) is 11.8 Å². The first-order chi connectivity index (χ1) is 9.99. The second kappa shape index (κ2) is 5.67. The molecule has 0 saturated carbocycles. The monoisotopic (exact) mass is 312 g/mol. The Hall–Kier alpha value is -0.970. The van der Waals surface area contributed by atoms with Crippen LogP contribution in [0.5, 0.6) is 11.5 Å². The normalized spacial score (nSPS) is 33.0. The van der Waals surface area contributed by atoms with Crippen molar-refractivity contribution in [2.75, 3.05) is 13.2 Å². The first-order valence-corrected chi connectivity index (χ1v) is 7.79. The molecule has 1 N–H and O–H groups in total. The van der Waals surface area contributed by atoms with Crippen LogP contribution in [0.1, 0.15) is 32.4 Å². The molecule has 0 bridgehead atoms. The summed E-state index contributed by atoms with van der Waals surface area (Å²) in [5, 5.41) is 11.3. The molecule has 5 unspecified atom stereocenters. The number of hydrogen-bond acceptors (Lipinski definition) is 4. The zero-order valence-corrected chi connectivity index (χ0v) is 13.3. The molecule has 0 aliphatic carbocycles. The molecule has 1 saturated heterocycles. The van der Waals surface area contributed by atoms with Crippen molar-refractivity contribution in [3.63, 3.8) is 0 Å². The molecule has 0 aromatic heterocycles. The summed E-state index contributed by atoms with van der Waals surface area (Å²) in [5.41, 5.74) is 0.683. The van der Waals surface area contributed by atoms with Crippen LogP contribution in [0.4, 0.5) is 0 Å². The van der Waals surface area contributed by atoms with Crippen LogP contribution in [0.25, 0.3) is 0 Å². The van der Waals surface area contributed by atoms with Crippen molar-refractivity contribution in [1.82, 2.24) is 0 Å². The van der Waals surface area contributed by atoms with Gasteiger partial charge in [-0.3, -0.25) is 0 Å². The molecule has 0 radical (unpaired) electrons.